The molecule has 0 atom stereocenters. The van der Waals surface area contributed by atoms with Crippen molar-refractivity contribution in [1.29, 1.82) is 0 Å². The number of anilines is 2. The Morgan fingerprint density at radius 1 is 0.821 bits per heavy atom. The quantitative estimate of drug-likeness (QED) is 0.353. The third-order valence-electron chi connectivity index (χ3n) is 4.34. The molecule has 2 aromatic heterocycles. The molecule has 2 heterocycles. The molecule has 0 amide bonds. The van der Waals surface area contributed by atoms with Gasteiger partial charge < -0.3 is 10.6 Å². The van der Waals surface area contributed by atoms with Crippen LogP contribution in [0.1, 0.15) is 0 Å². The molecule has 8 nitrogen and oxygen atoms in total. The summed E-state index contributed by atoms with van der Waals surface area (Å²) in [5, 5.41) is 22.7. The van der Waals surface area contributed by atoms with Gasteiger partial charge in [-0.1, -0.05) is 30.3 Å². The fraction of sp³-hybridized carbons (Fsp3) is 0.100. The van der Waals surface area contributed by atoms with Crippen LogP contribution in [0.2, 0.25) is 0 Å². The molecular formula is C20H20N8. The molecule has 4 rings (SSSR count). The molecule has 0 bridgehead atoms. The minimum Gasteiger partial charge on any atom is -0.399 e. The number of nitrogens with zero attached hydrogens (tertiary/aromatic N) is 5. The Labute approximate surface area is 162 Å². The molecule has 140 valence electrons. The highest BCUT2D eigenvalue weighted by Crippen LogP contribution is 2.34. The zero-order valence-electron chi connectivity index (χ0n) is 15.6. The molecular weight excluding hydrogens is 352 g/mol. The van der Waals surface area contributed by atoms with Crippen molar-refractivity contribution in [1.82, 2.24) is 20.4 Å². The van der Waals surface area contributed by atoms with Crippen LogP contribution in [0.5, 0.6) is 0 Å². The minimum absolute atomic E-state index is 0.545. The van der Waals surface area contributed by atoms with Gasteiger partial charge in [-0.15, -0.1) is 10.2 Å². The highest BCUT2D eigenvalue weighted by Gasteiger charge is 2.11. The Morgan fingerprint density at radius 3 is 2.04 bits per heavy atom. The van der Waals surface area contributed by atoms with E-state index in [1.54, 1.807) is 12.4 Å². The van der Waals surface area contributed by atoms with Crippen LogP contribution < -0.4 is 10.6 Å². The van der Waals surface area contributed by atoms with Crippen LogP contribution in [0.15, 0.2) is 71.2 Å². The molecule has 0 radical (unpaired) electrons. The topological polar surface area (TPSA) is 111 Å². The predicted molar refractivity (Wildman–Crippen MR) is 111 cm³/mol. The molecule has 0 aliphatic carbocycles. The third kappa shape index (κ3) is 3.48. The predicted octanol–water partition coefficient (Wildman–Crippen LogP) is 4.53. The summed E-state index contributed by atoms with van der Waals surface area (Å²) < 4.78 is 0. The summed E-state index contributed by atoms with van der Waals surface area (Å²) in [7, 11) is 3.94. The van der Waals surface area contributed by atoms with E-state index in [1.807, 2.05) is 67.5 Å². The number of aromatic amines is 2. The lowest BCUT2D eigenvalue weighted by Gasteiger charge is -2.14. The van der Waals surface area contributed by atoms with E-state index in [-0.39, 0.29) is 0 Å². The first-order valence-electron chi connectivity index (χ1n) is 8.74. The SMILES string of the molecule is CN(C)c1cc(N)cc(-c2cn[nH]c2N=Nc2[nH]ncc2-c2ccccc2)c1. The zero-order chi connectivity index (χ0) is 19.5. The van der Waals surface area contributed by atoms with Crippen molar-refractivity contribution in [2.75, 3.05) is 24.7 Å². The molecule has 4 aromatic rings. The largest absolute Gasteiger partial charge is 0.399 e. The van der Waals surface area contributed by atoms with Gasteiger partial charge in [0.25, 0.3) is 0 Å². The van der Waals surface area contributed by atoms with E-state index in [4.69, 9.17) is 5.73 Å². The molecule has 0 aliphatic heterocycles. The standard InChI is InChI=1S/C20H20N8/c1-28(2)16-9-14(8-15(21)10-16)18-12-23-25-20(18)27-26-19-17(11-22-24-19)13-6-4-3-5-7-13/h3-12H,21H2,1-2H3,(H,22,24)(H,23,25). The molecule has 2 aromatic carbocycles. The number of azo groups is 1. The third-order valence-corrected chi connectivity index (χ3v) is 4.34. The van der Waals surface area contributed by atoms with Crippen LogP contribution in [0, 0.1) is 0 Å². The Kier molecular flexibility index (Phi) is 4.59. The van der Waals surface area contributed by atoms with Gasteiger partial charge in [0.1, 0.15) is 0 Å². The zero-order valence-corrected chi connectivity index (χ0v) is 15.6. The summed E-state index contributed by atoms with van der Waals surface area (Å²) in [6.07, 6.45) is 3.45. The highest BCUT2D eigenvalue weighted by molar-refractivity contribution is 5.79. The van der Waals surface area contributed by atoms with Gasteiger partial charge in [-0.25, -0.2) is 0 Å². The Morgan fingerprint density at radius 2 is 1.43 bits per heavy atom. The van der Waals surface area contributed by atoms with E-state index < -0.39 is 0 Å². The number of rotatable bonds is 5. The van der Waals surface area contributed by atoms with Crippen LogP contribution in [-0.2, 0) is 0 Å². The first kappa shape index (κ1) is 17.5. The second-order valence-corrected chi connectivity index (χ2v) is 6.54. The molecule has 8 heteroatoms. The first-order valence-corrected chi connectivity index (χ1v) is 8.74. The molecule has 0 saturated heterocycles. The van der Waals surface area contributed by atoms with Gasteiger partial charge in [-0.3, -0.25) is 10.2 Å². The molecule has 0 unspecified atom stereocenters. The van der Waals surface area contributed by atoms with Gasteiger partial charge in [0.15, 0.2) is 11.6 Å². The maximum Gasteiger partial charge on any atom is 0.178 e. The molecule has 0 aliphatic rings. The monoisotopic (exact) mass is 372 g/mol. The van der Waals surface area contributed by atoms with Crippen molar-refractivity contribution < 1.29 is 0 Å². The van der Waals surface area contributed by atoms with E-state index in [0.717, 1.165) is 27.9 Å². The lowest BCUT2D eigenvalue weighted by molar-refractivity contribution is 1.03. The van der Waals surface area contributed by atoms with Crippen molar-refractivity contribution in [3.05, 3.63) is 60.9 Å². The number of H-pyrrole nitrogens is 2. The molecule has 28 heavy (non-hydrogen) atoms. The summed E-state index contributed by atoms with van der Waals surface area (Å²) in [5.74, 6) is 1.12. The van der Waals surface area contributed by atoms with E-state index in [9.17, 15) is 0 Å². The van der Waals surface area contributed by atoms with Gasteiger partial charge in [-0.2, -0.15) is 10.2 Å². The first-order chi connectivity index (χ1) is 13.6. The maximum atomic E-state index is 6.06. The van der Waals surface area contributed by atoms with Crippen molar-refractivity contribution in [2.45, 2.75) is 0 Å². The summed E-state index contributed by atoms with van der Waals surface area (Å²) >= 11 is 0. The lowest BCUT2D eigenvalue weighted by Crippen LogP contribution is -2.09. The van der Waals surface area contributed by atoms with Crippen molar-refractivity contribution in [2.24, 2.45) is 10.2 Å². The normalized spacial score (nSPS) is 11.2. The average molecular weight is 372 g/mol. The number of nitrogen functional groups attached to an aromatic ring is 1. The van der Waals surface area contributed by atoms with E-state index in [1.165, 1.54) is 0 Å². The minimum atomic E-state index is 0.545. The summed E-state index contributed by atoms with van der Waals surface area (Å²) in [5.41, 5.74) is 11.4. The molecule has 0 spiro atoms. The summed E-state index contributed by atoms with van der Waals surface area (Å²) in [4.78, 5) is 2.00. The Balaban J connectivity index is 1.68. The molecule has 0 saturated carbocycles. The maximum absolute atomic E-state index is 6.06. The van der Waals surface area contributed by atoms with Crippen LogP contribution in [0.3, 0.4) is 0 Å². The Bertz CT molecular complexity index is 1110. The summed E-state index contributed by atoms with van der Waals surface area (Å²) in [6.45, 7) is 0. The lowest BCUT2D eigenvalue weighted by atomic mass is 10.1. The van der Waals surface area contributed by atoms with Gasteiger partial charge in [0.05, 0.1) is 12.4 Å². The van der Waals surface area contributed by atoms with E-state index >= 15 is 0 Å². The van der Waals surface area contributed by atoms with Crippen molar-refractivity contribution in [3.63, 3.8) is 0 Å². The van der Waals surface area contributed by atoms with Gasteiger partial charge >= 0.3 is 0 Å². The number of aromatic nitrogens is 4. The fourth-order valence-corrected chi connectivity index (χ4v) is 2.90. The Hall–Kier alpha value is -3.94. The molecule has 0 fully saturated rings. The van der Waals surface area contributed by atoms with Gasteiger partial charge in [-0.05, 0) is 29.3 Å². The van der Waals surface area contributed by atoms with Crippen LogP contribution in [0.25, 0.3) is 22.3 Å². The number of nitrogens with one attached hydrogen (secondary N) is 2. The average Bonchev–Trinajstić information content (AvgIpc) is 3.35. The van der Waals surface area contributed by atoms with Gasteiger partial charge in [0.2, 0.25) is 0 Å². The second-order valence-electron chi connectivity index (χ2n) is 6.54. The number of nitrogens with two attached hydrogens (primary N) is 1. The number of hydrogen-bond donors (Lipinski definition) is 3. The van der Waals surface area contributed by atoms with Crippen molar-refractivity contribution in [3.8, 4) is 22.3 Å². The van der Waals surface area contributed by atoms with E-state index in [0.29, 0.717) is 17.3 Å². The fourth-order valence-electron chi connectivity index (χ4n) is 2.90. The van der Waals surface area contributed by atoms with Crippen LogP contribution in [0.4, 0.5) is 23.0 Å². The number of hydrogen-bond acceptors (Lipinski definition) is 6. The number of benzene rings is 2. The van der Waals surface area contributed by atoms with Crippen LogP contribution in [-0.4, -0.2) is 34.5 Å². The van der Waals surface area contributed by atoms with Crippen molar-refractivity contribution >= 4 is 23.0 Å². The van der Waals surface area contributed by atoms with E-state index in [2.05, 4.69) is 30.6 Å². The van der Waals surface area contributed by atoms with Crippen LogP contribution >= 0.6 is 0 Å². The van der Waals surface area contributed by atoms with Gasteiger partial charge in [0, 0.05) is 36.6 Å². The smallest absolute Gasteiger partial charge is 0.178 e. The second kappa shape index (κ2) is 7.36. The molecule has 4 N–H and O–H groups in total. The summed E-state index contributed by atoms with van der Waals surface area (Å²) in [6, 6.07) is 15.8. The highest BCUT2D eigenvalue weighted by atomic mass is 15.3.